The fraction of sp³-hybridized carbons (Fsp3) is 0.250. The Morgan fingerprint density at radius 3 is 2.70 bits per heavy atom. The minimum atomic E-state index is -0.576. The van der Waals surface area contributed by atoms with E-state index in [2.05, 4.69) is 20.6 Å². The molecular formula is C28H26ClN5O3. The highest BCUT2D eigenvalue weighted by Gasteiger charge is 2.35. The lowest BCUT2D eigenvalue weighted by atomic mass is 9.99. The van der Waals surface area contributed by atoms with E-state index >= 15 is 0 Å². The lowest BCUT2D eigenvalue weighted by Crippen LogP contribution is -2.50. The highest BCUT2D eigenvalue weighted by atomic mass is 35.5. The van der Waals surface area contributed by atoms with Gasteiger partial charge in [0.05, 0.1) is 0 Å². The second kappa shape index (κ2) is 9.88. The van der Waals surface area contributed by atoms with Crippen molar-refractivity contribution in [3.8, 4) is 16.9 Å². The Morgan fingerprint density at radius 1 is 1.08 bits per heavy atom. The Kier molecular flexibility index (Phi) is 6.28. The molecule has 0 radical (unpaired) electrons. The van der Waals surface area contributed by atoms with Crippen LogP contribution in [0.3, 0.4) is 0 Å². The average molecular weight is 516 g/mol. The predicted molar refractivity (Wildman–Crippen MR) is 142 cm³/mol. The summed E-state index contributed by atoms with van der Waals surface area (Å²) in [5.41, 5.74) is 4.53. The molecule has 1 saturated heterocycles. The second-order valence-electron chi connectivity index (χ2n) is 9.30. The highest BCUT2D eigenvalue weighted by molar-refractivity contribution is 6.31. The summed E-state index contributed by atoms with van der Waals surface area (Å²) in [6, 6.07) is 17.1. The molecule has 6 rings (SSSR count). The van der Waals surface area contributed by atoms with Crippen molar-refractivity contribution in [3.63, 3.8) is 0 Å². The van der Waals surface area contributed by atoms with Crippen molar-refractivity contribution in [2.24, 2.45) is 0 Å². The number of nitrogens with one attached hydrogen (secondary N) is 3. The number of halogens is 1. The predicted octanol–water partition coefficient (Wildman–Crippen LogP) is 3.55. The van der Waals surface area contributed by atoms with Gasteiger partial charge in [0.1, 0.15) is 17.1 Å². The van der Waals surface area contributed by atoms with E-state index in [1.807, 2.05) is 53.4 Å². The molecule has 0 bridgehead atoms. The number of aromatic amines is 1. The quantitative estimate of drug-likeness (QED) is 0.377. The van der Waals surface area contributed by atoms with Crippen LogP contribution < -0.4 is 15.4 Å². The van der Waals surface area contributed by atoms with E-state index in [4.69, 9.17) is 16.3 Å². The Hall–Kier alpha value is -3.88. The fourth-order valence-electron chi connectivity index (χ4n) is 5.01. The van der Waals surface area contributed by atoms with Crippen molar-refractivity contribution in [1.29, 1.82) is 0 Å². The first kappa shape index (κ1) is 23.5. The molecule has 1 atom stereocenters. The molecule has 0 spiro atoms. The molecular weight excluding hydrogens is 490 g/mol. The van der Waals surface area contributed by atoms with Gasteiger partial charge in [0, 0.05) is 66.9 Å². The summed E-state index contributed by atoms with van der Waals surface area (Å²) >= 11 is 6.51. The van der Waals surface area contributed by atoms with Crippen LogP contribution in [0.25, 0.3) is 22.2 Å². The van der Waals surface area contributed by atoms with Gasteiger partial charge in [-0.1, -0.05) is 41.9 Å². The summed E-state index contributed by atoms with van der Waals surface area (Å²) in [6.07, 6.45) is 1.58. The van der Waals surface area contributed by atoms with Crippen LogP contribution >= 0.6 is 11.6 Å². The lowest BCUT2D eigenvalue weighted by molar-refractivity contribution is -0.138. The van der Waals surface area contributed by atoms with Crippen LogP contribution in [0.2, 0.25) is 5.02 Å². The number of carbonyl (C=O) groups excluding carboxylic acids is 2. The summed E-state index contributed by atoms with van der Waals surface area (Å²) in [4.78, 5) is 35.4. The maximum absolute atomic E-state index is 13.1. The molecule has 2 amide bonds. The summed E-state index contributed by atoms with van der Waals surface area (Å²) in [5.74, 6) is 0.433. The number of benzene rings is 2. The van der Waals surface area contributed by atoms with Crippen molar-refractivity contribution in [1.82, 2.24) is 25.5 Å². The molecule has 3 N–H and O–H groups in total. The number of carbonyl (C=O) groups is 2. The first-order valence-electron chi connectivity index (χ1n) is 12.4. The molecule has 9 heteroatoms. The number of nitrogens with zero attached hydrogens (tertiary/aromatic N) is 2. The Morgan fingerprint density at radius 2 is 1.89 bits per heavy atom. The molecule has 4 aromatic rings. The van der Waals surface area contributed by atoms with E-state index in [0.717, 1.165) is 40.7 Å². The van der Waals surface area contributed by atoms with Gasteiger partial charge in [-0.15, -0.1) is 0 Å². The number of amides is 2. The monoisotopic (exact) mass is 515 g/mol. The zero-order valence-electron chi connectivity index (χ0n) is 20.1. The van der Waals surface area contributed by atoms with Gasteiger partial charge in [0.15, 0.2) is 6.10 Å². The molecule has 2 aromatic heterocycles. The molecule has 0 saturated carbocycles. The summed E-state index contributed by atoms with van der Waals surface area (Å²) < 4.78 is 6.27. The SMILES string of the molecule is O=C(NCc1ccccc1)c1cc2c(-c3cc(Cl)cc4c3O[C@H](C(=O)N3CCNCC3)C4)ccnc2[nH]1. The molecule has 8 nitrogen and oxygen atoms in total. The van der Waals surface area contributed by atoms with E-state index < -0.39 is 6.10 Å². The van der Waals surface area contributed by atoms with Crippen LogP contribution in [0.15, 0.2) is 60.8 Å². The van der Waals surface area contributed by atoms with E-state index in [9.17, 15) is 9.59 Å². The molecule has 2 aromatic carbocycles. The Balaban J connectivity index is 1.29. The summed E-state index contributed by atoms with van der Waals surface area (Å²) in [7, 11) is 0. The number of rotatable bonds is 5. The van der Waals surface area contributed by atoms with Crippen molar-refractivity contribution >= 4 is 34.4 Å². The number of aromatic nitrogens is 2. The fourth-order valence-corrected chi connectivity index (χ4v) is 5.25. The summed E-state index contributed by atoms with van der Waals surface area (Å²) in [6.45, 7) is 3.34. The lowest BCUT2D eigenvalue weighted by Gasteiger charge is -2.29. The largest absolute Gasteiger partial charge is 0.479 e. The Bertz CT molecular complexity index is 1480. The molecule has 1 fully saturated rings. The zero-order valence-corrected chi connectivity index (χ0v) is 20.8. The van der Waals surface area contributed by atoms with Crippen LogP contribution in [0.4, 0.5) is 0 Å². The van der Waals surface area contributed by atoms with E-state index in [1.165, 1.54) is 0 Å². The van der Waals surface area contributed by atoms with Gasteiger partial charge in [-0.05, 0) is 35.4 Å². The number of piperazine rings is 1. The average Bonchev–Trinajstić information content (AvgIpc) is 3.56. The van der Waals surface area contributed by atoms with Gasteiger partial charge in [-0.25, -0.2) is 4.98 Å². The van der Waals surface area contributed by atoms with Crippen LogP contribution in [0.5, 0.6) is 5.75 Å². The van der Waals surface area contributed by atoms with Gasteiger partial charge < -0.3 is 25.3 Å². The number of fused-ring (bicyclic) bond motifs is 2. The molecule has 0 unspecified atom stereocenters. The topological polar surface area (TPSA) is 99.3 Å². The molecule has 188 valence electrons. The van der Waals surface area contributed by atoms with Gasteiger partial charge >= 0.3 is 0 Å². The van der Waals surface area contributed by atoms with Crippen molar-refractivity contribution in [3.05, 3.63) is 82.6 Å². The van der Waals surface area contributed by atoms with Crippen LogP contribution in [0.1, 0.15) is 21.6 Å². The number of hydrogen-bond acceptors (Lipinski definition) is 5. The first-order chi connectivity index (χ1) is 18.1. The van der Waals surface area contributed by atoms with E-state index in [-0.39, 0.29) is 11.8 Å². The minimum Gasteiger partial charge on any atom is -0.479 e. The molecule has 4 heterocycles. The molecule has 0 aliphatic carbocycles. The van der Waals surface area contributed by atoms with Crippen LogP contribution in [-0.2, 0) is 17.8 Å². The standard InChI is InChI=1S/C28H26ClN5O3/c29-19-12-18-13-24(28(36)34-10-8-30-9-11-34)37-25(18)21(14-19)20-6-7-31-26-22(20)15-23(33-26)27(35)32-16-17-4-2-1-3-5-17/h1-7,12,14-15,24,30H,8-11,13,16H2,(H,31,33)(H,32,35)/t24-/m0/s1. The van der Waals surface area contributed by atoms with Crippen molar-refractivity contribution in [2.45, 2.75) is 19.1 Å². The van der Waals surface area contributed by atoms with Gasteiger partial charge in [0.25, 0.3) is 11.8 Å². The maximum atomic E-state index is 13.1. The van der Waals surface area contributed by atoms with Crippen molar-refractivity contribution < 1.29 is 14.3 Å². The maximum Gasteiger partial charge on any atom is 0.268 e. The Labute approximate surface area is 219 Å². The molecule has 2 aliphatic rings. The first-order valence-corrected chi connectivity index (χ1v) is 12.7. The number of hydrogen-bond donors (Lipinski definition) is 3. The van der Waals surface area contributed by atoms with E-state index in [1.54, 1.807) is 12.3 Å². The third-order valence-electron chi connectivity index (χ3n) is 6.86. The minimum absolute atomic E-state index is 0.00124. The summed E-state index contributed by atoms with van der Waals surface area (Å²) in [5, 5.41) is 7.55. The van der Waals surface area contributed by atoms with Gasteiger partial charge in [0.2, 0.25) is 0 Å². The smallest absolute Gasteiger partial charge is 0.268 e. The molecule has 2 aliphatic heterocycles. The number of H-pyrrole nitrogens is 1. The third kappa shape index (κ3) is 4.65. The van der Waals surface area contributed by atoms with Gasteiger partial charge in [-0.3, -0.25) is 9.59 Å². The highest BCUT2D eigenvalue weighted by Crippen LogP contribution is 2.43. The number of ether oxygens (including phenoxy) is 1. The third-order valence-corrected chi connectivity index (χ3v) is 7.08. The molecule has 37 heavy (non-hydrogen) atoms. The normalized spacial score (nSPS) is 16.9. The van der Waals surface area contributed by atoms with E-state index in [0.29, 0.717) is 48.2 Å². The number of pyridine rings is 1. The van der Waals surface area contributed by atoms with Crippen LogP contribution in [0, 0.1) is 0 Å². The zero-order chi connectivity index (χ0) is 25.4. The van der Waals surface area contributed by atoms with Crippen LogP contribution in [-0.4, -0.2) is 59.0 Å². The van der Waals surface area contributed by atoms with Gasteiger partial charge in [-0.2, -0.15) is 0 Å². The van der Waals surface area contributed by atoms with Crippen molar-refractivity contribution in [2.75, 3.05) is 26.2 Å². The second-order valence-corrected chi connectivity index (χ2v) is 9.74.